The Kier molecular flexibility index (Phi) is 16.6. The van der Waals surface area contributed by atoms with E-state index < -0.39 is 0 Å². The van der Waals surface area contributed by atoms with Crippen molar-refractivity contribution < 1.29 is 4.79 Å². The zero-order chi connectivity index (χ0) is 17.9. The van der Waals surface area contributed by atoms with Gasteiger partial charge in [-0.15, -0.1) is 0 Å². The summed E-state index contributed by atoms with van der Waals surface area (Å²) in [5.74, 6) is -0.0194. The van der Waals surface area contributed by atoms with E-state index >= 15 is 0 Å². The molecular weight excluding hydrogens is 294 g/mol. The molecule has 0 heterocycles. The average Bonchev–Trinajstić information content (AvgIpc) is 2.57. The van der Waals surface area contributed by atoms with Crippen molar-refractivity contribution >= 4 is 5.91 Å². The van der Waals surface area contributed by atoms with Gasteiger partial charge in [0.1, 0.15) is 0 Å². The molecule has 136 valence electrons. The quantitative estimate of drug-likeness (QED) is 0.214. The molecule has 0 spiro atoms. The van der Waals surface area contributed by atoms with Gasteiger partial charge < -0.3 is 5.32 Å². The van der Waals surface area contributed by atoms with Crippen LogP contribution in [0.1, 0.15) is 78.1 Å². The lowest BCUT2D eigenvalue weighted by Gasteiger charge is -2.04. The van der Waals surface area contributed by atoms with E-state index in [-0.39, 0.29) is 5.91 Å². The van der Waals surface area contributed by atoms with E-state index in [1.165, 1.54) is 38.5 Å². The molecule has 0 aromatic carbocycles. The SMILES string of the molecule is C=C(C)C(=O)NCCCCCCCC/C=C\C/C=C\C/C=C\CC. The van der Waals surface area contributed by atoms with Crippen LogP contribution in [-0.4, -0.2) is 12.5 Å². The van der Waals surface area contributed by atoms with Crippen molar-refractivity contribution in [2.24, 2.45) is 0 Å². The molecule has 0 saturated heterocycles. The predicted molar refractivity (Wildman–Crippen MR) is 107 cm³/mol. The highest BCUT2D eigenvalue weighted by atomic mass is 16.1. The highest BCUT2D eigenvalue weighted by molar-refractivity contribution is 5.91. The molecule has 0 rings (SSSR count). The van der Waals surface area contributed by atoms with Crippen molar-refractivity contribution in [2.75, 3.05) is 6.54 Å². The molecule has 0 bridgehead atoms. The van der Waals surface area contributed by atoms with Gasteiger partial charge in [-0.3, -0.25) is 4.79 Å². The van der Waals surface area contributed by atoms with Gasteiger partial charge in [0.15, 0.2) is 0 Å². The Morgan fingerprint density at radius 1 is 0.833 bits per heavy atom. The molecule has 2 nitrogen and oxygen atoms in total. The first-order valence-electron chi connectivity index (χ1n) is 9.57. The zero-order valence-electron chi connectivity index (χ0n) is 15.9. The monoisotopic (exact) mass is 331 g/mol. The van der Waals surface area contributed by atoms with Crippen molar-refractivity contribution in [3.05, 3.63) is 48.6 Å². The van der Waals surface area contributed by atoms with Crippen LogP contribution < -0.4 is 5.32 Å². The van der Waals surface area contributed by atoms with Crippen LogP contribution in [0.3, 0.4) is 0 Å². The van der Waals surface area contributed by atoms with Gasteiger partial charge in [0.05, 0.1) is 0 Å². The summed E-state index contributed by atoms with van der Waals surface area (Å²) in [5.41, 5.74) is 0.590. The number of nitrogens with one attached hydrogen (secondary N) is 1. The van der Waals surface area contributed by atoms with E-state index in [0.29, 0.717) is 5.57 Å². The third-order valence-electron chi connectivity index (χ3n) is 3.75. The van der Waals surface area contributed by atoms with E-state index in [4.69, 9.17) is 0 Å². The van der Waals surface area contributed by atoms with Crippen molar-refractivity contribution in [1.82, 2.24) is 5.32 Å². The highest BCUT2D eigenvalue weighted by Gasteiger charge is 1.99. The van der Waals surface area contributed by atoms with Gasteiger partial charge in [0.25, 0.3) is 0 Å². The molecule has 2 heteroatoms. The van der Waals surface area contributed by atoms with Crippen molar-refractivity contribution in [2.45, 2.75) is 78.1 Å². The maximum absolute atomic E-state index is 11.3. The second-order valence-electron chi connectivity index (χ2n) is 6.24. The fourth-order valence-electron chi connectivity index (χ4n) is 2.27. The Bertz CT molecular complexity index is 404. The molecule has 1 amide bonds. The molecule has 0 aliphatic carbocycles. The summed E-state index contributed by atoms with van der Waals surface area (Å²) in [6.07, 6.45) is 25.3. The Morgan fingerprint density at radius 3 is 2.00 bits per heavy atom. The van der Waals surface area contributed by atoms with Crippen LogP contribution in [0.25, 0.3) is 0 Å². The Morgan fingerprint density at radius 2 is 1.38 bits per heavy atom. The maximum atomic E-state index is 11.3. The fraction of sp³-hybridized carbons (Fsp3) is 0.591. The minimum absolute atomic E-state index is 0.0194. The minimum atomic E-state index is -0.0194. The average molecular weight is 332 g/mol. The molecule has 0 saturated carbocycles. The van der Waals surface area contributed by atoms with Crippen LogP contribution in [0.4, 0.5) is 0 Å². The standard InChI is InChI=1S/C22H37NO/c1-4-5-6-7-8-9-10-11-12-13-14-15-16-17-18-19-20-23-22(24)21(2)3/h5-6,8-9,11-12H,2,4,7,10,13-20H2,1,3H3,(H,23,24)/b6-5-,9-8-,12-11-. The van der Waals surface area contributed by atoms with Crippen LogP contribution in [0.15, 0.2) is 48.6 Å². The number of amides is 1. The lowest BCUT2D eigenvalue weighted by Crippen LogP contribution is -2.24. The first-order valence-corrected chi connectivity index (χ1v) is 9.57. The van der Waals surface area contributed by atoms with Gasteiger partial charge in [-0.05, 0) is 45.4 Å². The number of allylic oxidation sites excluding steroid dienone is 6. The van der Waals surface area contributed by atoms with Gasteiger partial charge in [-0.1, -0.05) is 75.6 Å². The summed E-state index contributed by atoms with van der Waals surface area (Å²) in [6, 6.07) is 0. The van der Waals surface area contributed by atoms with E-state index in [1.54, 1.807) is 6.92 Å². The summed E-state index contributed by atoms with van der Waals surface area (Å²) in [4.78, 5) is 11.3. The molecule has 24 heavy (non-hydrogen) atoms. The van der Waals surface area contributed by atoms with Gasteiger partial charge in [-0.2, -0.15) is 0 Å². The molecule has 0 atom stereocenters. The van der Waals surface area contributed by atoms with Gasteiger partial charge >= 0.3 is 0 Å². The molecular formula is C22H37NO. The van der Waals surface area contributed by atoms with Crippen LogP contribution in [0.2, 0.25) is 0 Å². The second-order valence-corrected chi connectivity index (χ2v) is 6.24. The fourth-order valence-corrected chi connectivity index (χ4v) is 2.27. The van der Waals surface area contributed by atoms with Crippen LogP contribution >= 0.6 is 0 Å². The van der Waals surface area contributed by atoms with E-state index in [2.05, 4.69) is 55.3 Å². The minimum Gasteiger partial charge on any atom is -0.352 e. The molecule has 1 N–H and O–H groups in total. The number of unbranched alkanes of at least 4 members (excludes halogenated alkanes) is 6. The Labute approximate surface area is 149 Å². The molecule has 0 radical (unpaired) electrons. The molecule has 0 aromatic heterocycles. The third kappa shape index (κ3) is 16.8. The van der Waals surface area contributed by atoms with Crippen molar-refractivity contribution in [1.29, 1.82) is 0 Å². The molecule has 0 aromatic rings. The van der Waals surface area contributed by atoms with E-state index in [0.717, 1.165) is 32.2 Å². The molecule has 0 fully saturated rings. The summed E-state index contributed by atoms with van der Waals surface area (Å²) >= 11 is 0. The molecule has 0 unspecified atom stereocenters. The number of hydrogen-bond donors (Lipinski definition) is 1. The lowest BCUT2D eigenvalue weighted by atomic mass is 10.1. The van der Waals surface area contributed by atoms with E-state index in [9.17, 15) is 4.79 Å². The summed E-state index contributed by atoms with van der Waals surface area (Å²) in [5, 5.41) is 2.87. The van der Waals surface area contributed by atoms with Gasteiger partial charge in [0, 0.05) is 12.1 Å². The lowest BCUT2D eigenvalue weighted by molar-refractivity contribution is -0.117. The number of carbonyl (C=O) groups is 1. The summed E-state index contributed by atoms with van der Waals surface area (Å²) in [7, 11) is 0. The Balaban J connectivity index is 3.27. The number of rotatable bonds is 15. The highest BCUT2D eigenvalue weighted by Crippen LogP contribution is 2.07. The molecule has 0 aliphatic rings. The predicted octanol–water partition coefficient (Wildman–Crippen LogP) is 6.27. The van der Waals surface area contributed by atoms with Crippen LogP contribution in [0, 0.1) is 0 Å². The maximum Gasteiger partial charge on any atom is 0.246 e. The second kappa shape index (κ2) is 17.8. The van der Waals surface area contributed by atoms with Crippen LogP contribution in [0.5, 0.6) is 0 Å². The van der Waals surface area contributed by atoms with Gasteiger partial charge in [0.2, 0.25) is 5.91 Å². The first kappa shape index (κ1) is 22.4. The van der Waals surface area contributed by atoms with Crippen LogP contribution in [-0.2, 0) is 4.79 Å². The summed E-state index contributed by atoms with van der Waals surface area (Å²) in [6.45, 7) is 8.30. The molecule has 0 aliphatic heterocycles. The first-order chi connectivity index (χ1) is 11.7. The smallest absolute Gasteiger partial charge is 0.246 e. The summed E-state index contributed by atoms with van der Waals surface area (Å²) < 4.78 is 0. The number of hydrogen-bond acceptors (Lipinski definition) is 1. The van der Waals surface area contributed by atoms with Gasteiger partial charge in [-0.25, -0.2) is 0 Å². The topological polar surface area (TPSA) is 29.1 Å². The van der Waals surface area contributed by atoms with Crippen molar-refractivity contribution in [3.8, 4) is 0 Å². The number of carbonyl (C=O) groups excluding carboxylic acids is 1. The zero-order valence-corrected chi connectivity index (χ0v) is 15.9. The normalized spacial score (nSPS) is 11.8. The van der Waals surface area contributed by atoms with E-state index in [1.807, 2.05) is 0 Å². The van der Waals surface area contributed by atoms with Crippen molar-refractivity contribution in [3.63, 3.8) is 0 Å². The largest absolute Gasteiger partial charge is 0.352 e. The Hall–Kier alpha value is -1.57. The third-order valence-corrected chi connectivity index (χ3v) is 3.75.